The van der Waals surface area contributed by atoms with Crippen LogP contribution in [0.4, 0.5) is 11.4 Å². The first-order valence-corrected chi connectivity index (χ1v) is 7.93. The van der Waals surface area contributed by atoms with E-state index < -0.39 is 10.8 Å². The zero-order valence-corrected chi connectivity index (χ0v) is 14.6. The highest BCUT2D eigenvalue weighted by molar-refractivity contribution is 9.10. The van der Waals surface area contributed by atoms with Crippen molar-refractivity contribution in [2.24, 2.45) is 0 Å². The lowest BCUT2D eigenvalue weighted by molar-refractivity contribution is -0.384. The van der Waals surface area contributed by atoms with Gasteiger partial charge in [0.25, 0.3) is 11.6 Å². The van der Waals surface area contributed by atoms with E-state index in [0.717, 1.165) is 0 Å². The Hall–Kier alpha value is -2.45. The molecular weight excluding hydrogens is 400 g/mol. The number of carbonyl (C=O) groups is 1. The van der Waals surface area contributed by atoms with Crippen molar-refractivity contribution in [3.63, 3.8) is 0 Å². The van der Waals surface area contributed by atoms with E-state index in [2.05, 4.69) is 26.2 Å². The monoisotopic (exact) mass is 408 g/mol. The molecule has 3 rings (SSSR count). The van der Waals surface area contributed by atoms with Crippen molar-refractivity contribution >= 4 is 50.5 Å². The minimum Gasteiger partial charge on any atom is -0.319 e. The second-order valence-electron chi connectivity index (χ2n) is 5.00. The molecule has 24 heavy (non-hydrogen) atoms. The largest absolute Gasteiger partial charge is 0.319 e. The number of pyridine rings is 1. The second kappa shape index (κ2) is 6.21. The van der Waals surface area contributed by atoms with Gasteiger partial charge < -0.3 is 5.32 Å². The van der Waals surface area contributed by atoms with Gasteiger partial charge in [-0.15, -0.1) is 0 Å². The molecule has 0 aliphatic heterocycles. The van der Waals surface area contributed by atoms with Crippen molar-refractivity contribution in [1.82, 2.24) is 9.38 Å². The summed E-state index contributed by atoms with van der Waals surface area (Å²) in [5.41, 5.74) is 1.60. The summed E-state index contributed by atoms with van der Waals surface area (Å²) in [5, 5.41) is 14.0. The zero-order chi connectivity index (χ0) is 17.4. The maximum absolute atomic E-state index is 12.6. The Balaban J connectivity index is 2.02. The van der Waals surface area contributed by atoms with Gasteiger partial charge in [-0.3, -0.25) is 19.3 Å². The minimum atomic E-state index is -0.526. The first kappa shape index (κ1) is 16.4. The summed E-state index contributed by atoms with van der Waals surface area (Å²) in [7, 11) is 0. The molecule has 2 aromatic heterocycles. The number of anilines is 1. The van der Waals surface area contributed by atoms with Crippen molar-refractivity contribution in [1.29, 1.82) is 0 Å². The van der Waals surface area contributed by atoms with E-state index in [1.165, 1.54) is 18.2 Å². The van der Waals surface area contributed by atoms with Gasteiger partial charge in [-0.25, -0.2) is 4.98 Å². The van der Waals surface area contributed by atoms with Crippen LogP contribution in [0.15, 0.2) is 41.0 Å². The molecule has 0 bridgehead atoms. The molecule has 1 N–H and O–H groups in total. The van der Waals surface area contributed by atoms with Crippen LogP contribution < -0.4 is 5.32 Å². The summed E-state index contributed by atoms with van der Waals surface area (Å²) in [6, 6.07) is 7.52. The maximum atomic E-state index is 12.6. The highest BCUT2D eigenvalue weighted by Gasteiger charge is 2.19. The number of nitro groups is 1. The lowest BCUT2D eigenvalue weighted by Crippen LogP contribution is -2.16. The lowest BCUT2D eigenvalue weighted by atomic mass is 10.2. The highest BCUT2D eigenvalue weighted by atomic mass is 79.9. The van der Waals surface area contributed by atoms with Gasteiger partial charge >= 0.3 is 0 Å². The van der Waals surface area contributed by atoms with Gasteiger partial charge in [-0.1, -0.05) is 11.6 Å². The van der Waals surface area contributed by atoms with E-state index in [0.29, 0.717) is 32.2 Å². The molecule has 3 aromatic rings. The Kier molecular flexibility index (Phi) is 4.25. The Morgan fingerprint density at radius 3 is 2.83 bits per heavy atom. The molecule has 1 amide bonds. The number of halogens is 2. The number of non-ortho nitro benzene ring substituents is 1. The molecule has 0 saturated carbocycles. The number of nitrogens with one attached hydrogen (secondary N) is 1. The fraction of sp³-hybridized carbons (Fsp3) is 0.0667. The third-order valence-electron chi connectivity index (χ3n) is 3.38. The maximum Gasteiger partial charge on any atom is 0.274 e. The predicted molar refractivity (Wildman–Crippen MR) is 93.7 cm³/mol. The van der Waals surface area contributed by atoms with Crippen LogP contribution in [0, 0.1) is 17.0 Å². The third kappa shape index (κ3) is 2.98. The van der Waals surface area contributed by atoms with Crippen LogP contribution >= 0.6 is 27.5 Å². The lowest BCUT2D eigenvalue weighted by Gasteiger charge is -2.08. The van der Waals surface area contributed by atoms with Crippen LogP contribution in [-0.4, -0.2) is 20.2 Å². The molecule has 0 aliphatic carbocycles. The molecule has 0 radical (unpaired) electrons. The van der Waals surface area contributed by atoms with Crippen LogP contribution in [0.2, 0.25) is 5.02 Å². The Labute approximate surface area is 149 Å². The van der Waals surface area contributed by atoms with Crippen LogP contribution in [0.3, 0.4) is 0 Å². The normalized spacial score (nSPS) is 10.8. The fourth-order valence-corrected chi connectivity index (χ4v) is 2.82. The van der Waals surface area contributed by atoms with Crippen molar-refractivity contribution < 1.29 is 9.72 Å². The van der Waals surface area contributed by atoms with Gasteiger partial charge in [0.15, 0.2) is 0 Å². The molecule has 0 spiro atoms. The van der Waals surface area contributed by atoms with Gasteiger partial charge in [-0.2, -0.15) is 0 Å². The second-order valence-corrected chi connectivity index (χ2v) is 6.29. The van der Waals surface area contributed by atoms with E-state index in [1.54, 1.807) is 29.7 Å². The molecule has 7 nitrogen and oxygen atoms in total. The molecule has 1 aromatic carbocycles. The summed E-state index contributed by atoms with van der Waals surface area (Å²) >= 11 is 9.25. The predicted octanol–water partition coefficient (Wildman–Crippen LogP) is 4.22. The van der Waals surface area contributed by atoms with E-state index in [1.807, 2.05) is 0 Å². The van der Waals surface area contributed by atoms with Gasteiger partial charge in [0.1, 0.15) is 11.3 Å². The zero-order valence-electron chi connectivity index (χ0n) is 12.3. The molecule has 0 aliphatic rings. The van der Waals surface area contributed by atoms with Gasteiger partial charge in [0.05, 0.1) is 21.3 Å². The molecule has 0 fully saturated rings. The standard InChI is InChI=1S/C15H10BrClN4O3/c1-8-14(20-7-9(17)2-5-13(20)18-8)15(22)19-12-6-10(21(23)24)3-4-11(12)16/h2-7H,1H3,(H,19,22). The van der Waals surface area contributed by atoms with E-state index in [4.69, 9.17) is 11.6 Å². The van der Waals surface area contributed by atoms with Crippen LogP contribution in [0.5, 0.6) is 0 Å². The number of nitro benzene ring substituents is 1. The van der Waals surface area contributed by atoms with E-state index in [-0.39, 0.29) is 5.69 Å². The topological polar surface area (TPSA) is 89.5 Å². The van der Waals surface area contributed by atoms with Crippen LogP contribution in [0.1, 0.15) is 16.2 Å². The molecule has 0 atom stereocenters. The van der Waals surface area contributed by atoms with Crippen molar-refractivity contribution in [3.8, 4) is 0 Å². The molecular formula is C15H10BrClN4O3. The quantitative estimate of drug-likeness (QED) is 0.518. The molecule has 0 saturated heterocycles. The van der Waals surface area contributed by atoms with Crippen molar-refractivity contribution in [2.75, 3.05) is 5.32 Å². The molecule has 0 unspecified atom stereocenters. The first-order valence-electron chi connectivity index (χ1n) is 6.76. The summed E-state index contributed by atoms with van der Waals surface area (Å²) in [6.07, 6.45) is 1.59. The number of rotatable bonds is 3. The first-order chi connectivity index (χ1) is 11.4. The van der Waals surface area contributed by atoms with Crippen LogP contribution in [0.25, 0.3) is 5.65 Å². The van der Waals surface area contributed by atoms with Gasteiger partial charge in [0, 0.05) is 22.8 Å². The molecule has 9 heteroatoms. The number of aromatic nitrogens is 2. The van der Waals surface area contributed by atoms with E-state index in [9.17, 15) is 14.9 Å². The number of imidazole rings is 1. The Morgan fingerprint density at radius 1 is 1.38 bits per heavy atom. The number of hydrogen-bond acceptors (Lipinski definition) is 4. The number of nitrogens with zero attached hydrogens (tertiary/aromatic N) is 3. The number of aryl methyl sites for hydroxylation is 1. The SMILES string of the molecule is Cc1nc2ccc(Cl)cn2c1C(=O)Nc1cc([N+](=O)[O-])ccc1Br. The Bertz CT molecular complexity index is 986. The summed E-state index contributed by atoms with van der Waals surface area (Å²) < 4.78 is 2.11. The smallest absolute Gasteiger partial charge is 0.274 e. The summed E-state index contributed by atoms with van der Waals surface area (Å²) in [5.74, 6) is -0.441. The van der Waals surface area contributed by atoms with Crippen molar-refractivity contribution in [3.05, 3.63) is 67.5 Å². The highest BCUT2D eigenvalue weighted by Crippen LogP contribution is 2.28. The average molecular weight is 410 g/mol. The van der Waals surface area contributed by atoms with Gasteiger partial charge in [-0.05, 0) is 41.1 Å². The minimum absolute atomic E-state index is 0.119. The number of hydrogen-bond donors (Lipinski definition) is 1. The fourth-order valence-electron chi connectivity index (χ4n) is 2.31. The summed E-state index contributed by atoms with van der Waals surface area (Å²) in [6.45, 7) is 1.71. The number of benzene rings is 1. The molecule has 2 heterocycles. The van der Waals surface area contributed by atoms with E-state index >= 15 is 0 Å². The van der Waals surface area contributed by atoms with Gasteiger partial charge in [0.2, 0.25) is 0 Å². The third-order valence-corrected chi connectivity index (χ3v) is 4.30. The Morgan fingerprint density at radius 2 is 2.12 bits per heavy atom. The number of fused-ring (bicyclic) bond motifs is 1. The summed E-state index contributed by atoms with van der Waals surface area (Å²) in [4.78, 5) is 27.3. The average Bonchev–Trinajstić information content (AvgIpc) is 2.84. The van der Waals surface area contributed by atoms with Crippen molar-refractivity contribution in [2.45, 2.75) is 6.92 Å². The van der Waals surface area contributed by atoms with Crippen LogP contribution in [-0.2, 0) is 0 Å². The number of carbonyl (C=O) groups excluding carboxylic acids is 1. The number of amides is 1. The molecule has 122 valence electrons.